The molecule has 1 saturated carbocycles. The zero-order valence-electron chi connectivity index (χ0n) is 10.4. The summed E-state index contributed by atoms with van der Waals surface area (Å²) in [6, 6.07) is 5.60. The van der Waals surface area contributed by atoms with Crippen LogP contribution in [0.1, 0.15) is 31.2 Å². The Balaban J connectivity index is 1.97. The average molecular weight is 332 g/mol. The van der Waals surface area contributed by atoms with Crippen LogP contribution in [-0.2, 0) is 10.0 Å². The molecule has 0 aromatic heterocycles. The highest BCUT2D eigenvalue weighted by Crippen LogP contribution is 2.30. The summed E-state index contributed by atoms with van der Waals surface area (Å²) in [5.41, 5.74) is 1.72. The van der Waals surface area contributed by atoms with Crippen LogP contribution in [0, 0.1) is 12.8 Å². The largest absolute Gasteiger partial charge is 0.282 e. The first kappa shape index (κ1) is 13.9. The van der Waals surface area contributed by atoms with E-state index >= 15 is 0 Å². The summed E-state index contributed by atoms with van der Waals surface area (Å²) in [5, 5.41) is 0. The Hall–Kier alpha value is -0.550. The predicted molar refractivity (Wildman–Crippen MR) is 78.2 cm³/mol. The Labute approximate surface area is 117 Å². The summed E-state index contributed by atoms with van der Waals surface area (Å²) < 4.78 is 27.3. The minimum Gasteiger partial charge on any atom is -0.282 e. The van der Waals surface area contributed by atoms with Gasteiger partial charge in [-0.15, -0.1) is 0 Å². The molecule has 1 fully saturated rings. The standard InChI is InChI=1S/C13H18BrNO2S/c1-10-5-6-13(12(14)9-10)15-18(16,17)8-7-11-3-2-4-11/h5-6,9,11,15H,2-4,7-8H2,1H3. The molecule has 1 N–H and O–H groups in total. The molecule has 0 bridgehead atoms. The van der Waals surface area contributed by atoms with Gasteiger partial charge >= 0.3 is 0 Å². The van der Waals surface area contributed by atoms with Crippen molar-refractivity contribution in [3.05, 3.63) is 28.2 Å². The first-order valence-corrected chi connectivity index (χ1v) is 8.67. The summed E-state index contributed by atoms with van der Waals surface area (Å²) in [4.78, 5) is 0. The summed E-state index contributed by atoms with van der Waals surface area (Å²) in [7, 11) is -3.22. The van der Waals surface area contributed by atoms with Gasteiger partial charge in [-0.2, -0.15) is 0 Å². The van der Waals surface area contributed by atoms with Crippen molar-refractivity contribution in [1.82, 2.24) is 0 Å². The minimum atomic E-state index is -3.22. The molecule has 0 aliphatic heterocycles. The normalized spacial score (nSPS) is 16.3. The number of nitrogens with one attached hydrogen (secondary N) is 1. The lowest BCUT2D eigenvalue weighted by Gasteiger charge is -2.25. The monoisotopic (exact) mass is 331 g/mol. The van der Waals surface area contributed by atoms with Gasteiger partial charge < -0.3 is 0 Å². The summed E-state index contributed by atoms with van der Waals surface area (Å²) in [6.45, 7) is 1.97. The Bertz CT molecular complexity index is 524. The molecule has 0 amide bonds. The molecular formula is C13H18BrNO2S. The van der Waals surface area contributed by atoms with Crippen LogP contribution in [0.15, 0.2) is 22.7 Å². The molecule has 0 atom stereocenters. The van der Waals surface area contributed by atoms with E-state index in [0.29, 0.717) is 11.6 Å². The van der Waals surface area contributed by atoms with Crippen LogP contribution in [0.3, 0.4) is 0 Å². The fourth-order valence-corrected chi connectivity index (χ4v) is 4.01. The van der Waals surface area contributed by atoms with Gasteiger partial charge in [0.2, 0.25) is 10.0 Å². The van der Waals surface area contributed by atoms with E-state index in [9.17, 15) is 8.42 Å². The fourth-order valence-electron chi connectivity index (χ4n) is 2.02. The Morgan fingerprint density at radius 1 is 1.39 bits per heavy atom. The molecule has 0 saturated heterocycles. The number of benzene rings is 1. The van der Waals surface area contributed by atoms with Crippen LogP contribution >= 0.6 is 15.9 Å². The molecule has 0 heterocycles. The summed E-state index contributed by atoms with van der Waals surface area (Å²) in [5.74, 6) is 0.834. The second-order valence-electron chi connectivity index (χ2n) is 4.99. The second kappa shape index (κ2) is 5.61. The van der Waals surface area contributed by atoms with E-state index in [1.54, 1.807) is 6.07 Å². The Morgan fingerprint density at radius 2 is 2.11 bits per heavy atom. The van der Waals surface area contributed by atoms with E-state index in [2.05, 4.69) is 20.7 Å². The maximum Gasteiger partial charge on any atom is 0.232 e. The van der Waals surface area contributed by atoms with E-state index in [1.165, 1.54) is 19.3 Å². The van der Waals surface area contributed by atoms with Gasteiger partial charge in [-0.1, -0.05) is 25.3 Å². The Kier molecular flexibility index (Phi) is 4.33. The number of sulfonamides is 1. The molecule has 3 nitrogen and oxygen atoms in total. The van der Waals surface area contributed by atoms with Gasteiger partial charge in [0.25, 0.3) is 0 Å². The number of hydrogen-bond donors (Lipinski definition) is 1. The van der Waals surface area contributed by atoms with E-state index in [0.717, 1.165) is 16.5 Å². The fraction of sp³-hybridized carbons (Fsp3) is 0.538. The molecule has 100 valence electrons. The minimum absolute atomic E-state index is 0.220. The third kappa shape index (κ3) is 3.72. The van der Waals surface area contributed by atoms with Gasteiger partial charge in [-0.25, -0.2) is 8.42 Å². The van der Waals surface area contributed by atoms with Crippen molar-refractivity contribution in [2.45, 2.75) is 32.6 Å². The molecule has 0 radical (unpaired) electrons. The van der Waals surface area contributed by atoms with Crippen molar-refractivity contribution >= 4 is 31.6 Å². The van der Waals surface area contributed by atoms with Crippen molar-refractivity contribution in [2.75, 3.05) is 10.5 Å². The highest BCUT2D eigenvalue weighted by molar-refractivity contribution is 9.10. The number of hydrogen-bond acceptors (Lipinski definition) is 2. The molecular weight excluding hydrogens is 314 g/mol. The Morgan fingerprint density at radius 3 is 2.67 bits per heavy atom. The van der Waals surface area contributed by atoms with Crippen LogP contribution in [-0.4, -0.2) is 14.2 Å². The van der Waals surface area contributed by atoms with Gasteiger partial charge in [0.05, 0.1) is 11.4 Å². The maximum atomic E-state index is 11.9. The maximum absolute atomic E-state index is 11.9. The zero-order valence-corrected chi connectivity index (χ0v) is 12.9. The highest BCUT2D eigenvalue weighted by Gasteiger charge is 2.21. The molecule has 2 rings (SSSR count). The van der Waals surface area contributed by atoms with E-state index < -0.39 is 10.0 Å². The molecule has 18 heavy (non-hydrogen) atoms. The van der Waals surface area contributed by atoms with Gasteiger partial charge in [0.15, 0.2) is 0 Å². The summed E-state index contributed by atoms with van der Waals surface area (Å²) in [6.07, 6.45) is 4.40. The third-order valence-electron chi connectivity index (χ3n) is 3.41. The molecule has 1 aromatic carbocycles. The van der Waals surface area contributed by atoms with Crippen molar-refractivity contribution < 1.29 is 8.42 Å². The van der Waals surface area contributed by atoms with Crippen LogP contribution in [0.2, 0.25) is 0 Å². The number of aryl methyl sites for hydroxylation is 1. The van der Waals surface area contributed by atoms with E-state index in [1.807, 2.05) is 19.1 Å². The first-order chi connectivity index (χ1) is 8.46. The zero-order chi connectivity index (χ0) is 13.2. The lowest BCUT2D eigenvalue weighted by atomic mass is 9.84. The van der Waals surface area contributed by atoms with Crippen LogP contribution in [0.4, 0.5) is 5.69 Å². The molecule has 0 unspecified atom stereocenters. The number of halogens is 1. The topological polar surface area (TPSA) is 46.2 Å². The van der Waals surface area contributed by atoms with Gasteiger partial charge in [-0.3, -0.25) is 4.72 Å². The van der Waals surface area contributed by atoms with Gasteiger partial charge in [-0.05, 0) is 52.9 Å². The van der Waals surface area contributed by atoms with Gasteiger partial charge in [0.1, 0.15) is 0 Å². The molecule has 5 heteroatoms. The molecule has 0 spiro atoms. The van der Waals surface area contributed by atoms with E-state index in [4.69, 9.17) is 0 Å². The number of anilines is 1. The predicted octanol–water partition coefficient (Wildman–Crippen LogP) is 3.69. The first-order valence-electron chi connectivity index (χ1n) is 6.23. The smallest absolute Gasteiger partial charge is 0.232 e. The van der Waals surface area contributed by atoms with Crippen molar-refractivity contribution in [1.29, 1.82) is 0 Å². The van der Waals surface area contributed by atoms with E-state index in [-0.39, 0.29) is 5.75 Å². The lowest BCUT2D eigenvalue weighted by Crippen LogP contribution is -2.21. The van der Waals surface area contributed by atoms with Crippen molar-refractivity contribution in [2.24, 2.45) is 5.92 Å². The average Bonchev–Trinajstić information content (AvgIpc) is 2.20. The van der Waals surface area contributed by atoms with Crippen LogP contribution in [0.5, 0.6) is 0 Å². The quantitative estimate of drug-likeness (QED) is 0.894. The molecule has 1 aromatic rings. The van der Waals surface area contributed by atoms with Crippen molar-refractivity contribution in [3.8, 4) is 0 Å². The molecule has 1 aliphatic carbocycles. The van der Waals surface area contributed by atoms with Gasteiger partial charge in [0, 0.05) is 4.47 Å². The lowest BCUT2D eigenvalue weighted by molar-refractivity contribution is 0.307. The number of rotatable bonds is 5. The summed E-state index contributed by atoms with van der Waals surface area (Å²) >= 11 is 3.38. The second-order valence-corrected chi connectivity index (χ2v) is 7.69. The SMILES string of the molecule is Cc1ccc(NS(=O)(=O)CCC2CCC2)c(Br)c1. The van der Waals surface area contributed by atoms with Crippen molar-refractivity contribution in [3.63, 3.8) is 0 Å². The highest BCUT2D eigenvalue weighted by atomic mass is 79.9. The van der Waals surface area contributed by atoms with Crippen LogP contribution in [0.25, 0.3) is 0 Å². The third-order valence-corrected chi connectivity index (χ3v) is 5.37. The van der Waals surface area contributed by atoms with Crippen LogP contribution < -0.4 is 4.72 Å². The molecule has 1 aliphatic rings.